The minimum Gasteiger partial charge on any atom is -0.396 e. The second kappa shape index (κ2) is 6.40. The molecule has 0 radical (unpaired) electrons. The van der Waals surface area contributed by atoms with Crippen molar-refractivity contribution in [3.8, 4) is 0 Å². The third-order valence-electron chi connectivity index (χ3n) is 3.45. The Labute approximate surface area is 116 Å². The Kier molecular flexibility index (Phi) is 5.39. The molecule has 1 rings (SSSR count). The molecule has 0 aliphatic heterocycles. The van der Waals surface area contributed by atoms with Crippen molar-refractivity contribution in [1.29, 1.82) is 0 Å². The molecule has 1 aromatic rings. The van der Waals surface area contributed by atoms with E-state index in [9.17, 15) is 5.11 Å². The van der Waals surface area contributed by atoms with Crippen molar-refractivity contribution in [2.45, 2.75) is 52.5 Å². The lowest BCUT2D eigenvalue weighted by atomic mass is 9.84. The number of nitrogens with one attached hydrogen (secondary N) is 1. The van der Waals surface area contributed by atoms with Crippen molar-refractivity contribution >= 4 is 5.69 Å². The molecule has 0 fully saturated rings. The van der Waals surface area contributed by atoms with Crippen LogP contribution in [0.4, 0.5) is 5.69 Å². The Morgan fingerprint density at radius 2 is 1.63 bits per heavy atom. The van der Waals surface area contributed by atoms with E-state index < -0.39 is 0 Å². The highest BCUT2D eigenvalue weighted by Crippen LogP contribution is 2.30. The number of benzene rings is 1. The summed E-state index contributed by atoms with van der Waals surface area (Å²) in [4.78, 5) is 0. The average Bonchev–Trinajstić information content (AvgIpc) is 2.30. The van der Waals surface area contributed by atoms with E-state index in [4.69, 9.17) is 5.11 Å². The molecule has 108 valence electrons. The molecule has 0 saturated carbocycles. The Hall–Kier alpha value is -1.06. The molecule has 0 aliphatic carbocycles. The number of rotatable bonds is 5. The van der Waals surface area contributed by atoms with Gasteiger partial charge < -0.3 is 15.5 Å². The van der Waals surface area contributed by atoms with E-state index in [2.05, 4.69) is 52.1 Å². The van der Waals surface area contributed by atoms with Gasteiger partial charge in [0.1, 0.15) is 0 Å². The highest BCUT2D eigenvalue weighted by molar-refractivity contribution is 5.59. The first-order valence-corrected chi connectivity index (χ1v) is 6.89. The largest absolute Gasteiger partial charge is 0.396 e. The summed E-state index contributed by atoms with van der Waals surface area (Å²) in [6.07, 6.45) is 0.552. The molecule has 3 heteroatoms. The van der Waals surface area contributed by atoms with E-state index >= 15 is 0 Å². The smallest absolute Gasteiger partial charge is 0.0633 e. The summed E-state index contributed by atoms with van der Waals surface area (Å²) in [5.74, 6) is 0. The first-order valence-electron chi connectivity index (χ1n) is 6.89. The second-order valence-electron chi connectivity index (χ2n) is 6.27. The monoisotopic (exact) mass is 265 g/mol. The lowest BCUT2D eigenvalue weighted by Gasteiger charge is -2.25. The van der Waals surface area contributed by atoms with Gasteiger partial charge in [-0.3, -0.25) is 0 Å². The molecule has 0 heterocycles. The van der Waals surface area contributed by atoms with E-state index in [0.717, 1.165) is 5.69 Å². The Morgan fingerprint density at radius 3 is 2.00 bits per heavy atom. The van der Waals surface area contributed by atoms with Gasteiger partial charge in [-0.1, -0.05) is 32.9 Å². The van der Waals surface area contributed by atoms with Gasteiger partial charge in [-0.05, 0) is 42.4 Å². The molecule has 19 heavy (non-hydrogen) atoms. The van der Waals surface area contributed by atoms with E-state index in [0.29, 0.717) is 6.42 Å². The number of aliphatic hydroxyl groups is 2. The molecule has 0 spiro atoms. The number of aryl methyl sites for hydroxylation is 2. The van der Waals surface area contributed by atoms with Crippen LogP contribution in [0.25, 0.3) is 0 Å². The maximum atomic E-state index is 9.31. The van der Waals surface area contributed by atoms with E-state index in [1.807, 2.05) is 0 Å². The van der Waals surface area contributed by atoms with Crippen molar-refractivity contribution in [2.24, 2.45) is 0 Å². The standard InChI is InChI=1S/C16H27NO2/c1-11-8-13(16(3,4)5)9-12(2)15(11)17-14(10-19)6-7-18/h8-9,14,17-19H,6-7,10H2,1-5H3. The van der Waals surface area contributed by atoms with Gasteiger partial charge in [-0.2, -0.15) is 0 Å². The first kappa shape index (κ1) is 16.0. The van der Waals surface area contributed by atoms with Crippen molar-refractivity contribution < 1.29 is 10.2 Å². The van der Waals surface area contributed by atoms with Gasteiger partial charge in [0.15, 0.2) is 0 Å². The normalized spacial score (nSPS) is 13.4. The molecule has 1 aromatic carbocycles. The second-order valence-corrected chi connectivity index (χ2v) is 6.27. The van der Waals surface area contributed by atoms with Crippen LogP contribution in [-0.2, 0) is 5.41 Å². The molecule has 0 amide bonds. The van der Waals surface area contributed by atoms with Crippen LogP contribution in [0.3, 0.4) is 0 Å². The average molecular weight is 265 g/mol. The van der Waals surface area contributed by atoms with Crippen LogP contribution in [-0.4, -0.2) is 29.5 Å². The van der Waals surface area contributed by atoms with Crippen LogP contribution in [0, 0.1) is 13.8 Å². The fourth-order valence-electron chi connectivity index (χ4n) is 2.19. The van der Waals surface area contributed by atoms with Gasteiger partial charge in [0.05, 0.1) is 12.6 Å². The highest BCUT2D eigenvalue weighted by Gasteiger charge is 2.17. The van der Waals surface area contributed by atoms with Gasteiger partial charge in [-0.25, -0.2) is 0 Å². The van der Waals surface area contributed by atoms with Crippen molar-refractivity contribution in [2.75, 3.05) is 18.5 Å². The Balaban J connectivity index is 3.03. The zero-order valence-corrected chi connectivity index (χ0v) is 12.7. The molecule has 0 aliphatic rings. The summed E-state index contributed by atoms with van der Waals surface area (Å²) in [7, 11) is 0. The van der Waals surface area contributed by atoms with Crippen LogP contribution in [0.15, 0.2) is 12.1 Å². The third-order valence-corrected chi connectivity index (χ3v) is 3.45. The lowest BCUT2D eigenvalue weighted by Crippen LogP contribution is -2.26. The van der Waals surface area contributed by atoms with Crippen molar-refractivity contribution in [3.63, 3.8) is 0 Å². The van der Waals surface area contributed by atoms with Gasteiger partial charge in [0.25, 0.3) is 0 Å². The molecular weight excluding hydrogens is 238 g/mol. The van der Waals surface area contributed by atoms with E-state index in [1.165, 1.54) is 16.7 Å². The predicted molar refractivity (Wildman–Crippen MR) is 80.8 cm³/mol. The minimum atomic E-state index is -0.0945. The fraction of sp³-hybridized carbons (Fsp3) is 0.625. The number of hydrogen-bond acceptors (Lipinski definition) is 3. The van der Waals surface area contributed by atoms with Crippen molar-refractivity contribution in [1.82, 2.24) is 0 Å². The molecule has 0 bridgehead atoms. The number of hydrogen-bond donors (Lipinski definition) is 3. The zero-order chi connectivity index (χ0) is 14.6. The van der Waals surface area contributed by atoms with Gasteiger partial charge in [-0.15, -0.1) is 0 Å². The van der Waals surface area contributed by atoms with E-state index in [-0.39, 0.29) is 24.7 Å². The molecular formula is C16H27NO2. The minimum absolute atomic E-state index is 0.0282. The van der Waals surface area contributed by atoms with Gasteiger partial charge in [0, 0.05) is 12.3 Å². The van der Waals surface area contributed by atoms with Crippen LogP contribution in [0.5, 0.6) is 0 Å². The van der Waals surface area contributed by atoms with Crippen LogP contribution >= 0.6 is 0 Å². The summed E-state index contributed by atoms with van der Waals surface area (Å²) >= 11 is 0. The highest BCUT2D eigenvalue weighted by atomic mass is 16.3. The fourth-order valence-corrected chi connectivity index (χ4v) is 2.19. The van der Waals surface area contributed by atoms with Gasteiger partial charge in [0.2, 0.25) is 0 Å². The summed E-state index contributed by atoms with van der Waals surface area (Å²) in [6, 6.07) is 4.30. The quantitative estimate of drug-likeness (QED) is 0.767. The maximum absolute atomic E-state index is 9.31. The van der Waals surface area contributed by atoms with Crippen LogP contribution in [0.1, 0.15) is 43.9 Å². The lowest BCUT2D eigenvalue weighted by molar-refractivity contribution is 0.229. The van der Waals surface area contributed by atoms with Crippen LogP contribution in [0.2, 0.25) is 0 Å². The maximum Gasteiger partial charge on any atom is 0.0633 e. The Bertz CT molecular complexity index is 398. The molecule has 0 saturated heterocycles. The SMILES string of the molecule is Cc1cc(C(C)(C)C)cc(C)c1NC(CO)CCO. The molecule has 1 atom stereocenters. The summed E-state index contributed by atoms with van der Waals surface area (Å²) < 4.78 is 0. The summed E-state index contributed by atoms with van der Waals surface area (Å²) in [6.45, 7) is 10.9. The summed E-state index contributed by atoms with van der Waals surface area (Å²) in [5.41, 5.74) is 4.88. The molecule has 0 aromatic heterocycles. The van der Waals surface area contributed by atoms with E-state index in [1.54, 1.807) is 0 Å². The first-order chi connectivity index (χ1) is 8.79. The van der Waals surface area contributed by atoms with Gasteiger partial charge >= 0.3 is 0 Å². The molecule has 3 N–H and O–H groups in total. The van der Waals surface area contributed by atoms with Crippen LogP contribution < -0.4 is 5.32 Å². The third kappa shape index (κ3) is 4.22. The molecule has 1 unspecified atom stereocenters. The summed E-state index contributed by atoms with van der Waals surface area (Å²) in [5, 5.41) is 21.6. The molecule has 3 nitrogen and oxygen atoms in total. The number of aliphatic hydroxyl groups excluding tert-OH is 2. The number of anilines is 1. The van der Waals surface area contributed by atoms with Crippen molar-refractivity contribution in [3.05, 3.63) is 28.8 Å². The topological polar surface area (TPSA) is 52.5 Å². The Morgan fingerprint density at radius 1 is 1.11 bits per heavy atom. The zero-order valence-electron chi connectivity index (χ0n) is 12.7. The predicted octanol–water partition coefficient (Wildman–Crippen LogP) is 2.76.